The van der Waals surface area contributed by atoms with Gasteiger partial charge in [-0.05, 0) is 29.8 Å². The maximum Gasteiger partial charge on any atom is 0.142 e. The second kappa shape index (κ2) is 6.08. The summed E-state index contributed by atoms with van der Waals surface area (Å²) in [6, 6.07) is 6.22. The first-order valence-electron chi connectivity index (χ1n) is 5.67. The van der Waals surface area contributed by atoms with Crippen molar-refractivity contribution in [3.8, 4) is 5.75 Å². The van der Waals surface area contributed by atoms with Gasteiger partial charge in [0, 0.05) is 10.0 Å². The van der Waals surface area contributed by atoms with E-state index in [9.17, 15) is 8.78 Å². The van der Waals surface area contributed by atoms with Gasteiger partial charge in [-0.3, -0.25) is 0 Å². The maximum atomic E-state index is 13.9. The normalized spacial score (nSPS) is 12.3. The van der Waals surface area contributed by atoms with Crippen LogP contribution < -0.4 is 10.5 Å². The molecule has 2 nitrogen and oxygen atoms in total. The third-order valence-electron chi connectivity index (χ3n) is 2.92. The van der Waals surface area contributed by atoms with Crippen LogP contribution in [0, 0.1) is 11.6 Å². The van der Waals surface area contributed by atoms with Crippen molar-refractivity contribution < 1.29 is 13.5 Å². The molecule has 0 aliphatic heterocycles. The molecule has 0 radical (unpaired) electrons. The molecule has 1 unspecified atom stereocenters. The quantitative estimate of drug-likeness (QED) is 0.820. The second-order valence-electron chi connectivity index (χ2n) is 4.15. The number of halogens is 4. The van der Waals surface area contributed by atoms with Crippen LogP contribution in [0.15, 0.2) is 34.8 Å². The highest BCUT2D eigenvalue weighted by atomic mass is 79.9. The smallest absolute Gasteiger partial charge is 0.142 e. The third-order valence-corrected chi connectivity index (χ3v) is 3.89. The number of nitrogens with two attached hydrogens (primary N) is 1. The first-order chi connectivity index (χ1) is 9.43. The summed E-state index contributed by atoms with van der Waals surface area (Å²) in [7, 11) is 1.54. The minimum atomic E-state index is -0.818. The summed E-state index contributed by atoms with van der Waals surface area (Å²) in [5, 5.41) is -0.271. The van der Waals surface area contributed by atoms with Gasteiger partial charge in [-0.1, -0.05) is 33.6 Å². The largest absolute Gasteiger partial charge is 0.497 e. The van der Waals surface area contributed by atoms with E-state index in [-0.39, 0.29) is 10.6 Å². The van der Waals surface area contributed by atoms with Crippen molar-refractivity contribution in [1.29, 1.82) is 0 Å². The number of methoxy groups -OCH3 is 1. The summed E-state index contributed by atoms with van der Waals surface area (Å²) in [5.74, 6) is -0.717. The first-order valence-corrected chi connectivity index (χ1v) is 6.84. The Bertz CT molecular complexity index is 651. The topological polar surface area (TPSA) is 35.2 Å². The molecule has 106 valence electrons. The molecule has 0 heterocycles. The van der Waals surface area contributed by atoms with Crippen LogP contribution in [0.1, 0.15) is 17.2 Å². The van der Waals surface area contributed by atoms with Gasteiger partial charge in [0.2, 0.25) is 0 Å². The molecule has 6 heteroatoms. The van der Waals surface area contributed by atoms with E-state index in [1.807, 2.05) is 0 Å². The third kappa shape index (κ3) is 2.95. The van der Waals surface area contributed by atoms with Gasteiger partial charge >= 0.3 is 0 Å². The standard InChI is InChI=1S/C14H11BrClF2NO/c1-20-7-2-3-8(10(15)4-7)14(19)9-5-13(18)11(16)6-12(9)17/h2-6,14H,19H2,1H3. The molecule has 0 aromatic heterocycles. The average Bonchev–Trinajstić information content (AvgIpc) is 2.42. The van der Waals surface area contributed by atoms with Crippen molar-refractivity contribution in [3.05, 3.63) is 62.6 Å². The summed E-state index contributed by atoms with van der Waals surface area (Å²) in [4.78, 5) is 0. The van der Waals surface area contributed by atoms with Crippen molar-refractivity contribution >= 4 is 27.5 Å². The lowest BCUT2D eigenvalue weighted by atomic mass is 9.99. The van der Waals surface area contributed by atoms with Gasteiger partial charge in [-0.2, -0.15) is 0 Å². The van der Waals surface area contributed by atoms with Crippen molar-refractivity contribution in [3.63, 3.8) is 0 Å². The van der Waals surface area contributed by atoms with Crippen LogP contribution in [0.3, 0.4) is 0 Å². The van der Waals surface area contributed by atoms with Gasteiger partial charge in [0.1, 0.15) is 17.4 Å². The average molecular weight is 363 g/mol. The lowest BCUT2D eigenvalue weighted by Gasteiger charge is -2.16. The molecular formula is C14H11BrClF2NO. The van der Waals surface area contributed by atoms with E-state index in [1.165, 1.54) is 7.11 Å². The van der Waals surface area contributed by atoms with Crippen molar-refractivity contribution in [2.45, 2.75) is 6.04 Å². The number of hydrogen-bond donors (Lipinski definition) is 1. The first kappa shape index (κ1) is 15.2. The second-order valence-corrected chi connectivity index (χ2v) is 5.41. The van der Waals surface area contributed by atoms with Crippen LogP contribution in [0.4, 0.5) is 8.78 Å². The van der Waals surface area contributed by atoms with Crippen LogP contribution >= 0.6 is 27.5 Å². The number of rotatable bonds is 3. The summed E-state index contributed by atoms with van der Waals surface area (Å²) in [5.41, 5.74) is 6.66. The molecule has 20 heavy (non-hydrogen) atoms. The van der Waals surface area contributed by atoms with Gasteiger partial charge < -0.3 is 10.5 Å². The monoisotopic (exact) mass is 361 g/mol. The van der Waals surface area contributed by atoms with E-state index in [0.717, 1.165) is 12.1 Å². The van der Waals surface area contributed by atoms with Crippen molar-refractivity contribution in [2.75, 3.05) is 7.11 Å². The molecule has 0 bridgehead atoms. The van der Waals surface area contributed by atoms with Gasteiger partial charge in [0.05, 0.1) is 18.2 Å². The number of ether oxygens (including phenoxy) is 1. The predicted molar refractivity (Wildman–Crippen MR) is 78.1 cm³/mol. The Hall–Kier alpha value is -1.17. The lowest BCUT2D eigenvalue weighted by Crippen LogP contribution is -2.14. The van der Waals surface area contributed by atoms with Crippen LogP contribution in [0.2, 0.25) is 5.02 Å². The highest BCUT2D eigenvalue weighted by molar-refractivity contribution is 9.10. The van der Waals surface area contributed by atoms with E-state index in [0.29, 0.717) is 15.8 Å². The van der Waals surface area contributed by atoms with E-state index >= 15 is 0 Å². The lowest BCUT2D eigenvalue weighted by molar-refractivity contribution is 0.414. The van der Waals surface area contributed by atoms with Crippen LogP contribution in [0.25, 0.3) is 0 Å². The highest BCUT2D eigenvalue weighted by Gasteiger charge is 2.19. The summed E-state index contributed by atoms with van der Waals surface area (Å²) in [6.07, 6.45) is 0. The van der Waals surface area contributed by atoms with Gasteiger partial charge in [0.15, 0.2) is 0 Å². The Morgan fingerprint density at radius 1 is 1.15 bits per heavy atom. The fourth-order valence-corrected chi connectivity index (χ4v) is 2.59. The zero-order valence-corrected chi connectivity index (χ0v) is 12.8. The fraction of sp³-hybridized carbons (Fsp3) is 0.143. The fourth-order valence-electron chi connectivity index (χ4n) is 1.83. The molecule has 2 N–H and O–H groups in total. The zero-order chi connectivity index (χ0) is 14.9. The molecule has 0 spiro atoms. The molecule has 0 aliphatic rings. The van der Waals surface area contributed by atoms with Gasteiger partial charge in [-0.25, -0.2) is 8.78 Å². The Labute approximate surface area is 128 Å². The van der Waals surface area contributed by atoms with Crippen LogP contribution in [-0.4, -0.2) is 7.11 Å². The van der Waals surface area contributed by atoms with Crippen molar-refractivity contribution in [2.24, 2.45) is 5.73 Å². The SMILES string of the molecule is COc1ccc(C(N)c2cc(F)c(Cl)cc2F)c(Br)c1. The summed E-state index contributed by atoms with van der Waals surface area (Å²) < 4.78 is 33.1. The van der Waals surface area contributed by atoms with Gasteiger partial charge in [0.25, 0.3) is 0 Å². The molecule has 2 aromatic carbocycles. The maximum absolute atomic E-state index is 13.9. The van der Waals surface area contributed by atoms with Crippen LogP contribution in [-0.2, 0) is 0 Å². The molecule has 0 aliphatic carbocycles. The van der Waals surface area contributed by atoms with E-state index < -0.39 is 17.7 Å². The predicted octanol–water partition coefficient (Wildman–Crippen LogP) is 4.44. The molecule has 1 atom stereocenters. The number of hydrogen-bond acceptors (Lipinski definition) is 2. The molecule has 0 amide bonds. The molecular weight excluding hydrogens is 352 g/mol. The molecule has 0 saturated carbocycles. The summed E-state index contributed by atoms with van der Waals surface area (Å²) in [6.45, 7) is 0. The molecule has 0 saturated heterocycles. The number of benzene rings is 2. The Balaban J connectivity index is 2.46. The van der Waals surface area contributed by atoms with Gasteiger partial charge in [-0.15, -0.1) is 0 Å². The van der Waals surface area contributed by atoms with E-state index in [4.69, 9.17) is 22.1 Å². The highest BCUT2D eigenvalue weighted by Crippen LogP contribution is 2.32. The Kier molecular flexibility index (Phi) is 4.62. The molecule has 2 rings (SSSR count). The van der Waals surface area contributed by atoms with Crippen molar-refractivity contribution in [1.82, 2.24) is 0 Å². The Morgan fingerprint density at radius 2 is 1.85 bits per heavy atom. The molecule has 2 aromatic rings. The van der Waals surface area contributed by atoms with Crippen LogP contribution in [0.5, 0.6) is 5.75 Å². The Morgan fingerprint density at radius 3 is 2.45 bits per heavy atom. The summed E-state index contributed by atoms with van der Waals surface area (Å²) >= 11 is 8.87. The van der Waals surface area contributed by atoms with E-state index in [1.54, 1.807) is 18.2 Å². The molecule has 0 fully saturated rings. The minimum Gasteiger partial charge on any atom is -0.497 e. The zero-order valence-electron chi connectivity index (χ0n) is 10.5. The van der Waals surface area contributed by atoms with E-state index in [2.05, 4.69) is 15.9 Å². The minimum absolute atomic E-state index is 0.0396.